The second-order valence-corrected chi connectivity index (χ2v) is 7.46. The molecule has 6 nitrogen and oxygen atoms in total. The number of rotatable bonds is 9. The van der Waals surface area contributed by atoms with Gasteiger partial charge in [0.1, 0.15) is 0 Å². The van der Waals surface area contributed by atoms with Crippen molar-refractivity contribution in [2.75, 3.05) is 0 Å². The highest BCUT2D eigenvalue weighted by Crippen LogP contribution is 2.22. The second kappa shape index (κ2) is 17.0. The van der Waals surface area contributed by atoms with E-state index in [1.165, 1.54) is 19.3 Å². The summed E-state index contributed by atoms with van der Waals surface area (Å²) in [5.41, 5.74) is 0.662. The third-order valence-corrected chi connectivity index (χ3v) is 4.66. The lowest BCUT2D eigenvalue weighted by molar-refractivity contribution is -0.0562. The lowest BCUT2D eigenvalue weighted by Gasteiger charge is -2.19. The molecule has 2 aromatic rings. The van der Waals surface area contributed by atoms with Gasteiger partial charge in [0.25, 0.3) is 0 Å². The van der Waals surface area contributed by atoms with Gasteiger partial charge in [-0.3, -0.25) is 0 Å². The zero-order valence-electron chi connectivity index (χ0n) is 18.6. The first-order chi connectivity index (χ1) is 14.7. The molecule has 2 rings (SSSR count). The maximum absolute atomic E-state index is 10.2. The number of benzene rings is 2. The second-order valence-electron chi connectivity index (χ2n) is 7.46. The van der Waals surface area contributed by atoms with E-state index < -0.39 is 18.2 Å². The van der Waals surface area contributed by atoms with E-state index in [1.807, 2.05) is 0 Å². The Morgan fingerprint density at radius 2 is 1.19 bits per heavy atom. The topological polar surface area (TPSA) is 115 Å². The number of carboxylic acid groups (broad SMARTS) is 2. The summed E-state index contributed by atoms with van der Waals surface area (Å²) in [6.07, 6.45) is 4.21. The molecule has 172 valence electrons. The maximum atomic E-state index is 10.2. The van der Waals surface area contributed by atoms with Crippen LogP contribution in [0, 0.1) is 11.8 Å². The average molecular weight is 433 g/mol. The summed E-state index contributed by atoms with van der Waals surface area (Å²) >= 11 is 0. The molecule has 0 bridgehead atoms. The van der Waals surface area contributed by atoms with Gasteiger partial charge in [-0.15, -0.1) is 0 Å². The number of aromatic carboxylic acids is 2. The van der Waals surface area contributed by atoms with Crippen LogP contribution in [0.5, 0.6) is 0 Å². The third kappa shape index (κ3) is 14.9. The highest BCUT2D eigenvalue weighted by Gasteiger charge is 2.13. The van der Waals surface area contributed by atoms with Crippen LogP contribution in [-0.4, -0.2) is 38.7 Å². The summed E-state index contributed by atoms with van der Waals surface area (Å²) in [6.45, 7) is 6.51. The molecule has 0 fully saturated rings. The number of hydrogen-bond donors (Lipinski definition) is 4. The van der Waals surface area contributed by atoms with Gasteiger partial charge >= 0.3 is 11.9 Å². The molecule has 0 amide bonds. The standard InChI is InChI=1S/C11H24O2.2C7H6O2/c1-4-6-10(5-2)7-9(3)8-11(12)13;2*8-7(9)6-4-2-1-3-5-6/h9-13H,4-8H2,1-3H3;2*1-5H,(H,8,9). The van der Waals surface area contributed by atoms with Gasteiger partial charge in [-0.1, -0.05) is 76.4 Å². The Hall–Kier alpha value is -2.70. The molecule has 2 unspecified atom stereocenters. The van der Waals surface area contributed by atoms with Gasteiger partial charge in [0.05, 0.1) is 11.1 Å². The molecule has 2 aromatic carbocycles. The molecule has 0 aliphatic rings. The first-order valence-electron chi connectivity index (χ1n) is 10.6. The van der Waals surface area contributed by atoms with E-state index in [2.05, 4.69) is 20.8 Å². The third-order valence-electron chi connectivity index (χ3n) is 4.66. The molecule has 4 N–H and O–H groups in total. The largest absolute Gasteiger partial charge is 0.478 e. The van der Waals surface area contributed by atoms with Gasteiger partial charge in [0.2, 0.25) is 0 Å². The smallest absolute Gasteiger partial charge is 0.335 e. The van der Waals surface area contributed by atoms with Crippen LogP contribution in [0.4, 0.5) is 0 Å². The first-order valence-corrected chi connectivity index (χ1v) is 10.6. The van der Waals surface area contributed by atoms with Gasteiger partial charge < -0.3 is 20.4 Å². The van der Waals surface area contributed by atoms with Crippen molar-refractivity contribution in [2.24, 2.45) is 11.8 Å². The molecule has 0 aromatic heterocycles. The monoisotopic (exact) mass is 432 g/mol. The minimum Gasteiger partial charge on any atom is -0.478 e. The summed E-state index contributed by atoms with van der Waals surface area (Å²) in [4.78, 5) is 20.4. The quantitative estimate of drug-likeness (QED) is 0.399. The Morgan fingerprint density at radius 3 is 1.45 bits per heavy atom. The van der Waals surface area contributed by atoms with E-state index in [0.29, 0.717) is 23.5 Å². The molecule has 0 aliphatic heterocycles. The van der Waals surface area contributed by atoms with Crippen molar-refractivity contribution >= 4 is 11.9 Å². The van der Waals surface area contributed by atoms with Gasteiger partial charge in [-0.05, 0) is 42.5 Å². The Morgan fingerprint density at radius 1 is 0.774 bits per heavy atom. The van der Waals surface area contributed by atoms with E-state index in [-0.39, 0.29) is 0 Å². The van der Waals surface area contributed by atoms with Gasteiger partial charge in [0.15, 0.2) is 6.29 Å². The summed E-state index contributed by atoms with van der Waals surface area (Å²) in [5, 5.41) is 34.4. The minimum absolute atomic E-state index is 0.331. The Labute approximate surface area is 185 Å². The maximum Gasteiger partial charge on any atom is 0.335 e. The van der Waals surface area contributed by atoms with Crippen molar-refractivity contribution in [3.05, 3.63) is 71.8 Å². The fourth-order valence-corrected chi connectivity index (χ4v) is 3.08. The Kier molecular flexibility index (Phi) is 15.5. The van der Waals surface area contributed by atoms with Crippen molar-refractivity contribution in [1.82, 2.24) is 0 Å². The number of carbonyl (C=O) groups is 2. The highest BCUT2D eigenvalue weighted by atomic mass is 16.5. The Balaban J connectivity index is 0.000000445. The Bertz CT molecular complexity index is 666. The van der Waals surface area contributed by atoms with Crippen LogP contribution in [0.1, 0.15) is 73.6 Å². The summed E-state index contributed by atoms with van der Waals surface area (Å²) in [6, 6.07) is 16.6. The fraction of sp³-hybridized carbons (Fsp3) is 0.440. The van der Waals surface area contributed by atoms with Crippen molar-refractivity contribution in [2.45, 2.75) is 59.2 Å². The molecular weight excluding hydrogens is 396 g/mol. The fourth-order valence-electron chi connectivity index (χ4n) is 3.08. The highest BCUT2D eigenvalue weighted by molar-refractivity contribution is 5.87. The SMILES string of the molecule is CCCC(CC)CC(C)CC(O)O.O=C(O)c1ccccc1.O=C(O)c1ccccc1. The molecule has 6 heteroatoms. The van der Waals surface area contributed by atoms with Crippen molar-refractivity contribution in [1.29, 1.82) is 0 Å². The number of carboxylic acids is 2. The van der Waals surface area contributed by atoms with Crippen LogP contribution in [0.15, 0.2) is 60.7 Å². The predicted octanol–water partition coefficient (Wildman–Crippen LogP) is 5.31. The van der Waals surface area contributed by atoms with Crippen LogP contribution in [0.2, 0.25) is 0 Å². The zero-order valence-corrected chi connectivity index (χ0v) is 18.6. The molecule has 0 aliphatic carbocycles. The van der Waals surface area contributed by atoms with E-state index in [9.17, 15) is 9.59 Å². The first kappa shape index (κ1) is 28.3. The van der Waals surface area contributed by atoms with Crippen LogP contribution < -0.4 is 0 Å². The molecule has 0 radical (unpaired) electrons. The van der Waals surface area contributed by atoms with Gasteiger partial charge in [0, 0.05) is 6.42 Å². The van der Waals surface area contributed by atoms with Crippen LogP contribution in [0.25, 0.3) is 0 Å². The summed E-state index contributed by atoms with van der Waals surface area (Å²) < 4.78 is 0. The molecule has 31 heavy (non-hydrogen) atoms. The van der Waals surface area contributed by atoms with Crippen molar-refractivity contribution < 1.29 is 30.0 Å². The molecule has 0 heterocycles. The van der Waals surface area contributed by atoms with Crippen molar-refractivity contribution in [3.8, 4) is 0 Å². The molecular formula is C25H36O6. The lowest BCUT2D eigenvalue weighted by Crippen LogP contribution is -2.13. The van der Waals surface area contributed by atoms with Crippen LogP contribution in [0.3, 0.4) is 0 Å². The summed E-state index contributed by atoms with van der Waals surface area (Å²) in [7, 11) is 0. The van der Waals surface area contributed by atoms with Gasteiger partial charge in [-0.25, -0.2) is 9.59 Å². The number of aliphatic hydroxyl groups is 2. The number of hydrogen-bond acceptors (Lipinski definition) is 4. The predicted molar refractivity (Wildman–Crippen MR) is 122 cm³/mol. The molecule has 0 saturated heterocycles. The zero-order chi connectivity index (χ0) is 23.6. The van der Waals surface area contributed by atoms with Crippen molar-refractivity contribution in [3.63, 3.8) is 0 Å². The number of aliphatic hydroxyl groups excluding tert-OH is 1. The minimum atomic E-state index is -1.13. The average Bonchev–Trinajstić information content (AvgIpc) is 2.75. The van der Waals surface area contributed by atoms with E-state index in [1.54, 1.807) is 60.7 Å². The molecule has 2 atom stereocenters. The molecule has 0 saturated carbocycles. The van der Waals surface area contributed by atoms with Crippen LogP contribution in [-0.2, 0) is 0 Å². The van der Waals surface area contributed by atoms with E-state index in [4.69, 9.17) is 20.4 Å². The normalized spacial score (nSPS) is 11.9. The lowest BCUT2D eigenvalue weighted by atomic mass is 9.88. The summed E-state index contributed by atoms with van der Waals surface area (Å²) in [5.74, 6) is -0.568. The van der Waals surface area contributed by atoms with Gasteiger partial charge in [-0.2, -0.15) is 0 Å². The van der Waals surface area contributed by atoms with E-state index >= 15 is 0 Å². The van der Waals surface area contributed by atoms with Crippen LogP contribution >= 0.6 is 0 Å². The molecule has 0 spiro atoms. The van der Waals surface area contributed by atoms with E-state index in [0.717, 1.165) is 12.3 Å².